The molecule has 1 unspecified atom stereocenters. The molecule has 2 fully saturated rings. The fourth-order valence-electron chi connectivity index (χ4n) is 8.48. The second kappa shape index (κ2) is 16.0. The van der Waals surface area contributed by atoms with Gasteiger partial charge in [-0.25, -0.2) is 24.7 Å². The Hall–Kier alpha value is -6.22. The summed E-state index contributed by atoms with van der Waals surface area (Å²) in [7, 11) is 3.34. The molecule has 6 heterocycles. The maximum Gasteiger partial charge on any atom is 0.416 e. The summed E-state index contributed by atoms with van der Waals surface area (Å²) < 4.78 is 42.8. The molecule has 2 saturated heterocycles. The Kier molecular flexibility index (Phi) is 10.9. The number of halogens is 4. The third-order valence-corrected chi connectivity index (χ3v) is 12.0. The summed E-state index contributed by atoms with van der Waals surface area (Å²) in [6, 6.07) is 1.99. The van der Waals surface area contributed by atoms with Crippen LogP contribution in [0.1, 0.15) is 70.6 Å². The van der Waals surface area contributed by atoms with Gasteiger partial charge in [0.1, 0.15) is 18.9 Å². The molecular formula is C39H41ClF3N13O5. The second-order valence-corrected chi connectivity index (χ2v) is 16.0. The lowest BCUT2D eigenvalue weighted by Crippen LogP contribution is -2.52. The van der Waals surface area contributed by atoms with E-state index in [1.807, 2.05) is 0 Å². The van der Waals surface area contributed by atoms with E-state index in [4.69, 9.17) is 16.6 Å². The van der Waals surface area contributed by atoms with Gasteiger partial charge in [-0.1, -0.05) is 11.6 Å². The van der Waals surface area contributed by atoms with Crippen LogP contribution in [-0.4, -0.2) is 124 Å². The number of aromatic nitrogens is 8. The van der Waals surface area contributed by atoms with E-state index >= 15 is 0 Å². The van der Waals surface area contributed by atoms with Gasteiger partial charge in [-0.2, -0.15) is 22.7 Å². The number of piperidine rings is 1. The molecule has 4 amide bonds. The predicted molar refractivity (Wildman–Crippen MR) is 213 cm³/mol. The molecule has 2 aliphatic heterocycles. The number of alkyl halides is 3. The first-order valence-corrected chi connectivity index (χ1v) is 19.9. The average Bonchev–Trinajstić information content (AvgIpc) is 3.70. The molecule has 4 aromatic heterocycles. The molecule has 8 rings (SSSR count). The number of urea groups is 1. The van der Waals surface area contributed by atoms with Crippen molar-refractivity contribution in [3.63, 3.8) is 0 Å². The molecule has 61 heavy (non-hydrogen) atoms. The van der Waals surface area contributed by atoms with Crippen molar-refractivity contribution in [2.24, 2.45) is 0 Å². The van der Waals surface area contributed by atoms with Crippen LogP contribution in [0, 0.1) is 6.92 Å². The number of hydrogen-bond donors (Lipinski definition) is 3. The Morgan fingerprint density at radius 3 is 2.49 bits per heavy atom. The number of carbonyl (C=O) groups excluding carboxylic acids is 3. The van der Waals surface area contributed by atoms with Crippen LogP contribution in [0.25, 0.3) is 17.2 Å². The minimum atomic E-state index is -4.64. The molecule has 320 valence electrons. The Bertz CT molecular complexity index is 2610. The lowest BCUT2D eigenvalue weighted by Gasteiger charge is -2.45. The van der Waals surface area contributed by atoms with E-state index in [1.165, 1.54) is 23.6 Å². The summed E-state index contributed by atoms with van der Waals surface area (Å²) in [5.74, 6) is -0.902. The molecule has 18 nitrogen and oxygen atoms in total. The lowest BCUT2D eigenvalue weighted by atomic mass is 9.66. The Balaban J connectivity index is 1.16. The van der Waals surface area contributed by atoms with E-state index in [2.05, 4.69) is 35.7 Å². The zero-order valence-corrected chi connectivity index (χ0v) is 34.1. The summed E-state index contributed by atoms with van der Waals surface area (Å²) in [5.41, 5.74) is -0.706. The molecule has 0 saturated carbocycles. The average molecular weight is 864 g/mol. The molecule has 0 radical (unpaired) electrons. The van der Waals surface area contributed by atoms with Crippen molar-refractivity contribution in [1.82, 2.24) is 59.1 Å². The minimum Gasteiger partial charge on any atom is -0.504 e. The molecule has 3 aliphatic rings. The van der Waals surface area contributed by atoms with Crippen LogP contribution in [0.5, 0.6) is 5.75 Å². The Morgan fingerprint density at radius 1 is 1.07 bits per heavy atom. The summed E-state index contributed by atoms with van der Waals surface area (Å²) in [4.78, 5) is 81.6. The normalized spacial score (nSPS) is 17.7. The summed E-state index contributed by atoms with van der Waals surface area (Å²) in [6.07, 6.45) is 1.97. The van der Waals surface area contributed by atoms with Crippen LogP contribution in [0.3, 0.4) is 0 Å². The molecule has 1 aliphatic carbocycles. The summed E-state index contributed by atoms with van der Waals surface area (Å²) in [6.45, 7) is 3.15. The van der Waals surface area contributed by atoms with Crippen molar-refractivity contribution in [1.29, 1.82) is 0 Å². The fraction of sp³-hybridized carbons (Fsp3) is 0.436. The van der Waals surface area contributed by atoms with Crippen molar-refractivity contribution in [2.75, 3.05) is 52.1 Å². The highest BCUT2D eigenvalue weighted by Gasteiger charge is 2.45. The van der Waals surface area contributed by atoms with Gasteiger partial charge >= 0.3 is 12.2 Å². The number of nitrogens with one attached hydrogen (secondary N) is 2. The number of aromatic hydroxyl groups is 1. The van der Waals surface area contributed by atoms with Crippen LogP contribution in [0.2, 0.25) is 5.02 Å². The number of piperazine rings is 1. The van der Waals surface area contributed by atoms with Crippen LogP contribution >= 0.6 is 11.6 Å². The van der Waals surface area contributed by atoms with Gasteiger partial charge in [-0.15, -0.1) is 5.10 Å². The van der Waals surface area contributed by atoms with E-state index in [0.717, 1.165) is 22.7 Å². The number of anilines is 1. The Morgan fingerprint density at radius 2 is 1.80 bits per heavy atom. The molecule has 1 atom stereocenters. The largest absolute Gasteiger partial charge is 0.504 e. The topological polar surface area (TPSA) is 209 Å². The van der Waals surface area contributed by atoms with E-state index in [9.17, 15) is 37.5 Å². The van der Waals surface area contributed by atoms with Gasteiger partial charge in [-0.3, -0.25) is 14.4 Å². The van der Waals surface area contributed by atoms with Crippen molar-refractivity contribution in [2.45, 2.75) is 63.2 Å². The van der Waals surface area contributed by atoms with E-state index in [0.29, 0.717) is 74.4 Å². The summed E-state index contributed by atoms with van der Waals surface area (Å²) >= 11 is 6.19. The highest BCUT2D eigenvalue weighted by molar-refractivity contribution is 6.33. The van der Waals surface area contributed by atoms with Crippen molar-refractivity contribution >= 4 is 40.9 Å². The molecule has 1 aromatic carbocycles. The van der Waals surface area contributed by atoms with Gasteiger partial charge in [0.15, 0.2) is 23.1 Å². The minimum absolute atomic E-state index is 0.0370. The van der Waals surface area contributed by atoms with Crippen molar-refractivity contribution < 1.29 is 32.7 Å². The van der Waals surface area contributed by atoms with Gasteiger partial charge in [0.05, 0.1) is 27.5 Å². The van der Waals surface area contributed by atoms with E-state index in [-0.39, 0.29) is 58.6 Å². The quantitative estimate of drug-likeness (QED) is 0.224. The first-order chi connectivity index (χ1) is 29.1. The monoisotopic (exact) mass is 863 g/mol. The molecular weight excluding hydrogens is 823 g/mol. The standard InChI is InChI=1S/C39H41ClF3N13O5/c1-21-31(58)30(48-20-47-21)35(60)53-12-9-38(10-13-53)8-4-5-26-29(38)34(59)56-36(55(26)19-28(57)49-25-7-6-23(15-24(25)40)39(41,42)43)50-32(51-56)22-16-45-33(46-17-22)27-18-44-11-14-54(27)37(61)52(2)3/h6-7,15-17,20,27,44,58H,4-5,8-14,18-19H2,1-3H3,(H,49,57). The third-order valence-electron chi connectivity index (χ3n) is 11.6. The number of fused-ring (bicyclic) bond motifs is 3. The summed E-state index contributed by atoms with van der Waals surface area (Å²) in [5, 5.41) is 20.7. The van der Waals surface area contributed by atoms with Gasteiger partial charge in [0.25, 0.3) is 11.5 Å². The first kappa shape index (κ1) is 41.5. The number of aryl methyl sites for hydroxylation is 1. The fourth-order valence-corrected chi connectivity index (χ4v) is 8.71. The Labute approximate surface area is 350 Å². The number of nitrogens with zero attached hydrogens (tertiary/aromatic N) is 11. The van der Waals surface area contributed by atoms with Crippen LogP contribution in [-0.2, 0) is 29.4 Å². The first-order valence-electron chi connectivity index (χ1n) is 19.6. The van der Waals surface area contributed by atoms with Crippen molar-refractivity contribution in [3.8, 4) is 17.1 Å². The smallest absolute Gasteiger partial charge is 0.416 e. The van der Waals surface area contributed by atoms with Crippen LogP contribution in [0.15, 0.2) is 41.7 Å². The number of amides is 4. The molecule has 0 bridgehead atoms. The highest BCUT2D eigenvalue weighted by Crippen LogP contribution is 2.44. The van der Waals surface area contributed by atoms with Crippen molar-refractivity contribution in [3.05, 3.63) is 86.3 Å². The zero-order chi connectivity index (χ0) is 43.4. The molecule has 22 heteroatoms. The third kappa shape index (κ3) is 7.71. The maximum absolute atomic E-state index is 14.7. The van der Waals surface area contributed by atoms with Gasteiger partial charge < -0.3 is 35.0 Å². The van der Waals surface area contributed by atoms with Crippen LogP contribution < -0.4 is 16.2 Å². The highest BCUT2D eigenvalue weighted by atomic mass is 35.5. The second-order valence-electron chi connectivity index (χ2n) is 15.6. The number of likely N-dealkylation sites (tertiary alicyclic amines) is 1. The molecule has 1 spiro atoms. The van der Waals surface area contributed by atoms with Gasteiger partial charge in [-0.05, 0) is 57.2 Å². The molecule has 3 N–H and O–H groups in total. The van der Waals surface area contributed by atoms with E-state index < -0.39 is 47.1 Å². The number of hydrogen-bond acceptors (Lipinski definition) is 12. The van der Waals surface area contributed by atoms with Gasteiger partial charge in [0, 0.05) is 75.9 Å². The number of rotatable bonds is 6. The van der Waals surface area contributed by atoms with Crippen LogP contribution in [0.4, 0.5) is 23.7 Å². The van der Waals surface area contributed by atoms with E-state index in [1.54, 1.807) is 35.4 Å². The zero-order valence-electron chi connectivity index (χ0n) is 33.3. The number of benzene rings is 1. The maximum atomic E-state index is 14.7. The SMILES string of the molecule is Cc1ncnc(C(=O)N2CCC3(CCCc4c3c(=O)n3nc(-c5cnc(C6CNCCN6C(=O)N(C)C)nc5)nc3n4CC(=O)Nc3ccc(C(F)(F)F)cc3Cl)CC2)c1O. The van der Waals surface area contributed by atoms with Gasteiger partial charge in [0.2, 0.25) is 11.7 Å². The molecule has 5 aromatic rings. The number of carbonyl (C=O) groups is 3. The lowest BCUT2D eigenvalue weighted by molar-refractivity contribution is -0.137. The predicted octanol–water partition coefficient (Wildman–Crippen LogP) is 3.60.